The minimum atomic E-state index is 0.757. The van der Waals surface area contributed by atoms with Gasteiger partial charge in [-0.1, -0.05) is 54.4 Å². The topological polar surface area (TPSA) is 0 Å². The van der Waals surface area contributed by atoms with Gasteiger partial charge in [-0.15, -0.1) is 0 Å². The van der Waals surface area contributed by atoms with Crippen molar-refractivity contribution in [2.24, 2.45) is 0 Å². The van der Waals surface area contributed by atoms with Crippen molar-refractivity contribution < 1.29 is 0 Å². The van der Waals surface area contributed by atoms with Crippen molar-refractivity contribution >= 4 is 23.2 Å². The van der Waals surface area contributed by atoms with Crippen molar-refractivity contribution in [3.63, 3.8) is 0 Å². The first-order chi connectivity index (χ1) is 7.66. The average molecular weight is 250 g/mol. The molecule has 2 rings (SSSR count). The highest BCUT2D eigenvalue weighted by atomic mass is 35.5. The first-order valence-corrected chi connectivity index (χ1v) is 5.78. The van der Waals surface area contributed by atoms with Gasteiger partial charge in [-0.25, -0.2) is 0 Å². The Hall–Kier alpha value is -0.980. The molecular formula is C14H11Cl2. The Kier molecular flexibility index (Phi) is 3.52. The Morgan fingerprint density at radius 3 is 1.31 bits per heavy atom. The standard InChI is InChI=1S/C14H11Cl2/c1-10(11-2-6-13(15)7-3-11)12-4-8-14(16)9-5-12/h2-9H,1H3. The van der Waals surface area contributed by atoms with Gasteiger partial charge in [-0.3, -0.25) is 0 Å². The van der Waals surface area contributed by atoms with Gasteiger partial charge >= 0.3 is 0 Å². The predicted molar refractivity (Wildman–Crippen MR) is 70.0 cm³/mol. The van der Waals surface area contributed by atoms with Crippen LogP contribution in [0.25, 0.3) is 0 Å². The molecule has 0 heterocycles. The number of hydrogen-bond donors (Lipinski definition) is 0. The first kappa shape index (κ1) is 11.5. The lowest BCUT2D eigenvalue weighted by molar-refractivity contribution is 1.19. The largest absolute Gasteiger partial charge is 0.0843 e. The normalized spacial score (nSPS) is 10.8. The van der Waals surface area contributed by atoms with Crippen LogP contribution in [0.1, 0.15) is 18.1 Å². The molecule has 2 aromatic carbocycles. The zero-order chi connectivity index (χ0) is 11.5. The van der Waals surface area contributed by atoms with E-state index in [1.807, 2.05) is 48.5 Å². The summed E-state index contributed by atoms with van der Waals surface area (Å²) in [5.41, 5.74) is 2.35. The molecule has 0 nitrogen and oxygen atoms in total. The highest BCUT2D eigenvalue weighted by molar-refractivity contribution is 6.30. The van der Waals surface area contributed by atoms with E-state index >= 15 is 0 Å². The average Bonchev–Trinajstić information content (AvgIpc) is 2.30. The van der Waals surface area contributed by atoms with Crippen LogP contribution in [0.15, 0.2) is 48.5 Å². The molecule has 2 aromatic rings. The van der Waals surface area contributed by atoms with E-state index in [1.54, 1.807) is 0 Å². The second kappa shape index (κ2) is 4.90. The molecule has 1 radical (unpaired) electrons. The molecule has 0 aromatic heterocycles. The van der Waals surface area contributed by atoms with Crippen LogP contribution in [0.2, 0.25) is 10.0 Å². The van der Waals surface area contributed by atoms with Gasteiger partial charge in [0.25, 0.3) is 0 Å². The Bertz CT molecular complexity index is 412. The second-order valence-corrected chi connectivity index (χ2v) is 4.51. The second-order valence-electron chi connectivity index (χ2n) is 3.64. The summed E-state index contributed by atoms with van der Waals surface area (Å²) in [4.78, 5) is 0. The van der Waals surface area contributed by atoms with Crippen LogP contribution in [0.3, 0.4) is 0 Å². The monoisotopic (exact) mass is 249 g/mol. The van der Waals surface area contributed by atoms with Gasteiger partial charge < -0.3 is 0 Å². The van der Waals surface area contributed by atoms with Gasteiger partial charge in [0, 0.05) is 16.0 Å². The molecular weight excluding hydrogens is 239 g/mol. The molecule has 0 spiro atoms. The molecule has 0 saturated heterocycles. The molecule has 0 aliphatic rings. The lowest BCUT2D eigenvalue weighted by Gasteiger charge is -2.11. The van der Waals surface area contributed by atoms with Gasteiger partial charge in [0.1, 0.15) is 0 Å². The summed E-state index contributed by atoms with van der Waals surface area (Å²) >= 11 is 11.7. The third-order valence-electron chi connectivity index (χ3n) is 2.55. The smallest absolute Gasteiger partial charge is 0.0406 e. The Morgan fingerprint density at radius 2 is 1.00 bits per heavy atom. The van der Waals surface area contributed by atoms with Gasteiger partial charge in [-0.05, 0) is 35.4 Å². The summed E-state index contributed by atoms with van der Waals surface area (Å²) in [6.45, 7) is 2.09. The fourth-order valence-corrected chi connectivity index (χ4v) is 1.82. The van der Waals surface area contributed by atoms with E-state index in [-0.39, 0.29) is 0 Å². The van der Waals surface area contributed by atoms with Crippen molar-refractivity contribution in [1.29, 1.82) is 0 Å². The van der Waals surface area contributed by atoms with E-state index in [9.17, 15) is 0 Å². The van der Waals surface area contributed by atoms with Crippen LogP contribution < -0.4 is 0 Å². The lowest BCUT2D eigenvalue weighted by atomic mass is 9.93. The van der Waals surface area contributed by atoms with Crippen LogP contribution in [0.4, 0.5) is 0 Å². The van der Waals surface area contributed by atoms with Gasteiger partial charge in [-0.2, -0.15) is 0 Å². The van der Waals surface area contributed by atoms with Gasteiger partial charge in [0.15, 0.2) is 0 Å². The Balaban J connectivity index is 2.28. The Morgan fingerprint density at radius 1 is 0.688 bits per heavy atom. The molecule has 0 aliphatic carbocycles. The van der Waals surface area contributed by atoms with Crippen molar-refractivity contribution in [2.45, 2.75) is 6.92 Å². The summed E-state index contributed by atoms with van der Waals surface area (Å²) in [6, 6.07) is 15.7. The van der Waals surface area contributed by atoms with Crippen molar-refractivity contribution in [2.75, 3.05) is 0 Å². The van der Waals surface area contributed by atoms with E-state index in [0.717, 1.165) is 10.0 Å². The summed E-state index contributed by atoms with van der Waals surface area (Å²) in [5.74, 6) is 1.22. The number of halogens is 2. The maximum Gasteiger partial charge on any atom is 0.0406 e. The molecule has 2 heteroatoms. The van der Waals surface area contributed by atoms with Crippen LogP contribution in [-0.2, 0) is 0 Å². The molecule has 0 aliphatic heterocycles. The summed E-state index contributed by atoms with van der Waals surface area (Å²) in [5, 5.41) is 1.51. The molecule has 0 unspecified atom stereocenters. The van der Waals surface area contributed by atoms with Crippen LogP contribution in [-0.4, -0.2) is 0 Å². The van der Waals surface area contributed by atoms with Crippen LogP contribution >= 0.6 is 23.2 Å². The van der Waals surface area contributed by atoms with E-state index in [0.29, 0.717) is 0 Å². The van der Waals surface area contributed by atoms with E-state index in [2.05, 4.69) is 6.92 Å². The maximum absolute atomic E-state index is 5.86. The molecule has 0 bridgehead atoms. The molecule has 0 atom stereocenters. The number of hydrogen-bond acceptors (Lipinski definition) is 0. The minimum absolute atomic E-state index is 0.757. The zero-order valence-electron chi connectivity index (χ0n) is 8.87. The summed E-state index contributed by atoms with van der Waals surface area (Å²) < 4.78 is 0. The summed E-state index contributed by atoms with van der Waals surface area (Å²) in [7, 11) is 0. The van der Waals surface area contributed by atoms with E-state index < -0.39 is 0 Å². The summed E-state index contributed by atoms with van der Waals surface area (Å²) in [6.07, 6.45) is 0. The van der Waals surface area contributed by atoms with Crippen molar-refractivity contribution in [3.8, 4) is 0 Å². The third-order valence-corrected chi connectivity index (χ3v) is 3.06. The number of benzene rings is 2. The highest BCUT2D eigenvalue weighted by Crippen LogP contribution is 2.25. The van der Waals surface area contributed by atoms with E-state index in [1.165, 1.54) is 17.0 Å². The molecule has 16 heavy (non-hydrogen) atoms. The quantitative estimate of drug-likeness (QED) is 0.704. The molecule has 0 fully saturated rings. The van der Waals surface area contributed by atoms with Crippen molar-refractivity contribution in [3.05, 3.63) is 75.6 Å². The lowest BCUT2D eigenvalue weighted by Crippen LogP contribution is -1.96. The Labute approximate surface area is 106 Å². The number of rotatable bonds is 2. The molecule has 0 amide bonds. The first-order valence-electron chi connectivity index (χ1n) is 5.02. The molecule has 81 valence electrons. The SMILES string of the molecule is C[C](c1ccc(Cl)cc1)c1ccc(Cl)cc1. The van der Waals surface area contributed by atoms with Crippen LogP contribution in [0.5, 0.6) is 0 Å². The predicted octanol–water partition coefficient (Wildman–Crippen LogP) is 4.98. The maximum atomic E-state index is 5.86. The zero-order valence-corrected chi connectivity index (χ0v) is 10.4. The highest BCUT2D eigenvalue weighted by Gasteiger charge is 2.08. The van der Waals surface area contributed by atoms with Gasteiger partial charge in [0.05, 0.1) is 0 Å². The minimum Gasteiger partial charge on any atom is -0.0843 e. The molecule has 0 saturated carbocycles. The molecule has 0 N–H and O–H groups in total. The third kappa shape index (κ3) is 2.58. The fourth-order valence-electron chi connectivity index (χ4n) is 1.57. The van der Waals surface area contributed by atoms with Crippen LogP contribution in [0, 0.1) is 5.92 Å². The fraction of sp³-hybridized carbons (Fsp3) is 0.0714. The van der Waals surface area contributed by atoms with Gasteiger partial charge in [0.2, 0.25) is 0 Å². The van der Waals surface area contributed by atoms with Crippen molar-refractivity contribution in [1.82, 2.24) is 0 Å². The van der Waals surface area contributed by atoms with E-state index in [4.69, 9.17) is 23.2 Å².